The lowest BCUT2D eigenvalue weighted by molar-refractivity contribution is -0.384. The molecule has 1 aromatic rings. The average molecular weight is 317 g/mol. The second-order valence-corrected chi connectivity index (χ2v) is 4.29. The summed E-state index contributed by atoms with van der Waals surface area (Å²) in [5.41, 5.74) is 0.160. The van der Waals surface area contributed by atoms with E-state index in [-0.39, 0.29) is 29.7 Å². The van der Waals surface area contributed by atoms with Gasteiger partial charge in [-0.25, -0.2) is 0 Å². The van der Waals surface area contributed by atoms with E-state index in [1.165, 1.54) is 16.8 Å². The van der Waals surface area contributed by atoms with Gasteiger partial charge in [-0.3, -0.25) is 19.9 Å². The van der Waals surface area contributed by atoms with Gasteiger partial charge in [-0.2, -0.15) is 0 Å². The zero-order valence-electron chi connectivity index (χ0n) is 11.5. The number of carbonyl (C=O) groups is 1. The summed E-state index contributed by atoms with van der Waals surface area (Å²) in [7, 11) is 1.59. The van der Waals surface area contributed by atoms with Crippen molar-refractivity contribution in [2.45, 2.75) is 0 Å². The third-order valence-corrected chi connectivity index (χ3v) is 2.81. The Kier molecular flexibility index (Phi) is 5.97. The van der Waals surface area contributed by atoms with E-state index in [4.69, 9.17) is 0 Å². The van der Waals surface area contributed by atoms with Gasteiger partial charge in [0.15, 0.2) is 5.96 Å². The summed E-state index contributed by atoms with van der Waals surface area (Å²) in [6.45, 7) is 2.51. The van der Waals surface area contributed by atoms with Crippen LogP contribution in [0.3, 0.4) is 0 Å². The molecule has 2 heterocycles. The van der Waals surface area contributed by atoms with E-state index in [0.717, 1.165) is 19.0 Å². The fourth-order valence-electron chi connectivity index (χ4n) is 1.84. The predicted octanol–water partition coefficient (Wildman–Crippen LogP) is -0.366. The number of nitro groups is 1. The number of halogens is 1. The Hall–Kier alpha value is -2.29. The summed E-state index contributed by atoms with van der Waals surface area (Å²) in [5.74, 6) is 0.387. The predicted molar refractivity (Wildman–Crippen MR) is 80.0 cm³/mol. The number of guanidine groups is 1. The molecule has 9 nitrogen and oxygen atoms in total. The van der Waals surface area contributed by atoms with Crippen molar-refractivity contribution < 1.29 is 9.72 Å². The molecule has 0 fully saturated rings. The van der Waals surface area contributed by atoms with Crippen molar-refractivity contribution in [2.24, 2.45) is 12.0 Å². The maximum Gasteiger partial charge on any atom is 0.287 e. The molecule has 0 saturated heterocycles. The van der Waals surface area contributed by atoms with Gasteiger partial charge < -0.3 is 20.5 Å². The molecule has 1 aliphatic rings. The van der Waals surface area contributed by atoms with E-state index >= 15 is 0 Å². The summed E-state index contributed by atoms with van der Waals surface area (Å²) < 4.78 is 1.43. The molecule has 0 spiro atoms. The SMILES string of the molecule is Cl.Cn1cc([N+](=O)[O-])cc1C(=O)NCCNC1=NCCN1. The zero-order valence-corrected chi connectivity index (χ0v) is 12.3. The van der Waals surface area contributed by atoms with Crippen molar-refractivity contribution in [3.8, 4) is 0 Å². The molecule has 0 radical (unpaired) electrons. The van der Waals surface area contributed by atoms with Crippen LogP contribution in [0, 0.1) is 10.1 Å². The summed E-state index contributed by atoms with van der Waals surface area (Å²) in [5, 5.41) is 19.4. The first-order chi connectivity index (χ1) is 9.58. The minimum Gasteiger partial charge on any atom is -0.355 e. The fourth-order valence-corrected chi connectivity index (χ4v) is 1.84. The van der Waals surface area contributed by atoms with Gasteiger partial charge in [0.05, 0.1) is 17.7 Å². The van der Waals surface area contributed by atoms with E-state index < -0.39 is 4.92 Å². The summed E-state index contributed by atoms with van der Waals surface area (Å²) >= 11 is 0. The first-order valence-corrected chi connectivity index (χ1v) is 6.19. The number of hydrogen-bond donors (Lipinski definition) is 3. The number of nitrogens with one attached hydrogen (secondary N) is 3. The van der Waals surface area contributed by atoms with Crippen molar-refractivity contribution in [3.63, 3.8) is 0 Å². The Labute approximate surface area is 127 Å². The van der Waals surface area contributed by atoms with Gasteiger partial charge in [0.2, 0.25) is 0 Å². The molecule has 0 aliphatic carbocycles. The molecule has 3 N–H and O–H groups in total. The first-order valence-electron chi connectivity index (χ1n) is 6.19. The Morgan fingerprint density at radius 2 is 2.33 bits per heavy atom. The van der Waals surface area contributed by atoms with Crippen LogP contribution in [0.2, 0.25) is 0 Å². The van der Waals surface area contributed by atoms with Crippen LogP contribution in [-0.2, 0) is 7.05 Å². The fraction of sp³-hybridized carbons (Fsp3) is 0.455. The van der Waals surface area contributed by atoms with Crippen LogP contribution >= 0.6 is 12.4 Å². The summed E-state index contributed by atoms with van der Waals surface area (Å²) in [6, 6.07) is 1.26. The lowest BCUT2D eigenvalue weighted by Crippen LogP contribution is -2.39. The highest BCUT2D eigenvalue weighted by molar-refractivity contribution is 5.93. The van der Waals surface area contributed by atoms with E-state index in [2.05, 4.69) is 20.9 Å². The minimum atomic E-state index is -0.526. The Morgan fingerprint density at radius 3 is 2.90 bits per heavy atom. The highest BCUT2D eigenvalue weighted by Gasteiger charge is 2.17. The average Bonchev–Trinajstić information content (AvgIpc) is 3.03. The molecule has 0 unspecified atom stereocenters. The van der Waals surface area contributed by atoms with Crippen molar-refractivity contribution in [1.82, 2.24) is 20.5 Å². The molecule has 0 saturated carbocycles. The van der Waals surface area contributed by atoms with Gasteiger partial charge in [0.25, 0.3) is 11.6 Å². The highest BCUT2D eigenvalue weighted by atomic mass is 35.5. The Morgan fingerprint density at radius 1 is 1.57 bits per heavy atom. The smallest absolute Gasteiger partial charge is 0.287 e. The standard InChI is InChI=1S/C11H16N6O3.ClH/c1-16-7-8(17(19)20)6-9(16)10(18)12-2-3-13-11-14-4-5-15-11;/h6-7H,2-5H2,1H3,(H,12,18)(H2,13,14,15);1H. The highest BCUT2D eigenvalue weighted by Crippen LogP contribution is 2.14. The number of amides is 1. The van der Waals surface area contributed by atoms with Gasteiger partial charge >= 0.3 is 0 Å². The van der Waals surface area contributed by atoms with Crippen LogP contribution in [-0.4, -0.2) is 47.5 Å². The summed E-state index contributed by atoms with van der Waals surface area (Å²) in [6.07, 6.45) is 1.31. The van der Waals surface area contributed by atoms with Gasteiger partial charge in [-0.15, -0.1) is 12.4 Å². The molecular weight excluding hydrogens is 300 g/mol. The number of carbonyl (C=O) groups excluding carboxylic acids is 1. The third-order valence-electron chi connectivity index (χ3n) is 2.81. The van der Waals surface area contributed by atoms with Gasteiger partial charge in [-0.1, -0.05) is 0 Å². The summed E-state index contributed by atoms with van der Waals surface area (Å²) in [4.78, 5) is 26.1. The number of aromatic nitrogens is 1. The molecule has 21 heavy (non-hydrogen) atoms. The first kappa shape index (κ1) is 16.8. The molecule has 0 atom stereocenters. The van der Waals surface area contributed by atoms with Gasteiger partial charge in [0.1, 0.15) is 5.69 Å². The molecule has 1 amide bonds. The quantitative estimate of drug-likeness (QED) is 0.390. The van der Waals surface area contributed by atoms with Crippen molar-refractivity contribution in [1.29, 1.82) is 0 Å². The molecule has 116 valence electrons. The number of aryl methyl sites for hydroxylation is 1. The number of rotatable bonds is 5. The van der Waals surface area contributed by atoms with E-state index in [0.29, 0.717) is 13.1 Å². The number of nitrogens with zero attached hydrogens (tertiary/aromatic N) is 3. The monoisotopic (exact) mass is 316 g/mol. The van der Waals surface area contributed by atoms with Crippen LogP contribution in [0.5, 0.6) is 0 Å². The third kappa shape index (κ3) is 4.35. The van der Waals surface area contributed by atoms with Gasteiger partial charge in [0, 0.05) is 32.7 Å². The lowest BCUT2D eigenvalue weighted by atomic mass is 10.4. The topological polar surface area (TPSA) is 114 Å². The Bertz CT molecular complexity index is 556. The molecule has 0 aromatic carbocycles. The van der Waals surface area contributed by atoms with Crippen molar-refractivity contribution in [3.05, 3.63) is 28.1 Å². The Balaban J connectivity index is 0.00000220. The zero-order chi connectivity index (χ0) is 14.5. The minimum absolute atomic E-state index is 0. The van der Waals surface area contributed by atoms with Crippen molar-refractivity contribution >= 4 is 30.0 Å². The second-order valence-electron chi connectivity index (χ2n) is 4.29. The van der Waals surface area contributed by atoms with Crippen LogP contribution in [0.4, 0.5) is 5.69 Å². The maximum absolute atomic E-state index is 11.9. The van der Waals surface area contributed by atoms with Crippen LogP contribution in [0.25, 0.3) is 0 Å². The molecule has 0 bridgehead atoms. The van der Waals surface area contributed by atoms with E-state index in [1.54, 1.807) is 7.05 Å². The van der Waals surface area contributed by atoms with E-state index in [9.17, 15) is 14.9 Å². The van der Waals surface area contributed by atoms with E-state index in [1.807, 2.05) is 0 Å². The lowest BCUT2D eigenvalue weighted by Gasteiger charge is -2.08. The number of aliphatic imine (C=N–C) groups is 1. The molecule has 1 aromatic heterocycles. The van der Waals surface area contributed by atoms with Gasteiger partial charge in [-0.05, 0) is 0 Å². The van der Waals surface area contributed by atoms with Crippen molar-refractivity contribution in [2.75, 3.05) is 26.2 Å². The normalized spacial score (nSPS) is 12.9. The maximum atomic E-state index is 11.9. The molecule has 2 rings (SSSR count). The second kappa shape index (κ2) is 7.48. The van der Waals surface area contributed by atoms with Crippen LogP contribution in [0.15, 0.2) is 17.3 Å². The van der Waals surface area contributed by atoms with Crippen LogP contribution < -0.4 is 16.0 Å². The molecule has 1 aliphatic heterocycles. The molecule has 10 heteroatoms. The van der Waals surface area contributed by atoms with Crippen LogP contribution in [0.1, 0.15) is 10.5 Å². The molecular formula is C11H17ClN6O3. The largest absolute Gasteiger partial charge is 0.355 e. The number of hydrogen-bond acceptors (Lipinski definition) is 6.